The lowest BCUT2D eigenvalue weighted by molar-refractivity contribution is -0.144. The Hall–Kier alpha value is -3.37. The minimum atomic E-state index is -1.77. The molecule has 4 rings (SSSR count). The molecule has 0 saturated heterocycles. The third kappa shape index (κ3) is 5.97. The highest BCUT2D eigenvalue weighted by atomic mass is 16.4. The summed E-state index contributed by atoms with van der Waals surface area (Å²) in [5, 5.41) is 35.7. The summed E-state index contributed by atoms with van der Waals surface area (Å²) < 4.78 is 0. The van der Waals surface area contributed by atoms with Gasteiger partial charge in [0.05, 0.1) is 12.0 Å². The van der Waals surface area contributed by atoms with Gasteiger partial charge in [-0.3, -0.25) is 15.0 Å². The maximum absolute atomic E-state index is 14.0. The number of nitrogens with two attached hydrogens (primary N) is 1. The van der Waals surface area contributed by atoms with E-state index in [4.69, 9.17) is 11.1 Å². The third-order valence-electron chi connectivity index (χ3n) is 7.68. The summed E-state index contributed by atoms with van der Waals surface area (Å²) in [5.41, 5.74) is 8.44. The average Bonchev–Trinajstić information content (AvgIpc) is 3.34. The van der Waals surface area contributed by atoms with E-state index in [-0.39, 0.29) is 24.3 Å². The largest absolute Gasteiger partial charge is 0.475 e. The van der Waals surface area contributed by atoms with Crippen molar-refractivity contribution < 1.29 is 19.6 Å². The van der Waals surface area contributed by atoms with Crippen LogP contribution in [0.1, 0.15) is 66.8 Å². The van der Waals surface area contributed by atoms with Gasteiger partial charge in [0.15, 0.2) is 5.96 Å². The molecule has 37 heavy (non-hydrogen) atoms. The molecule has 2 amide bonds. The van der Waals surface area contributed by atoms with Crippen LogP contribution in [0.15, 0.2) is 48.5 Å². The molecule has 2 aromatic rings. The van der Waals surface area contributed by atoms with Crippen molar-refractivity contribution in [1.82, 2.24) is 16.0 Å². The maximum Gasteiger partial charge on any atom is 0.475 e. The first-order chi connectivity index (χ1) is 17.8. The minimum absolute atomic E-state index is 0.173. The first-order valence-corrected chi connectivity index (χ1v) is 13.0. The van der Waals surface area contributed by atoms with Gasteiger partial charge in [-0.05, 0) is 60.8 Å². The fraction of sp³-hybridized carbons (Fsp3) is 0.444. The van der Waals surface area contributed by atoms with Crippen LogP contribution in [0, 0.1) is 10.8 Å². The first kappa shape index (κ1) is 26.7. The number of aryl methyl sites for hydroxylation is 2. The summed E-state index contributed by atoms with van der Waals surface area (Å²) in [6.45, 7) is 0.362. The molecule has 2 aliphatic carbocycles. The molecule has 0 aliphatic heterocycles. The van der Waals surface area contributed by atoms with Gasteiger partial charge in [0, 0.05) is 6.54 Å². The van der Waals surface area contributed by atoms with Crippen LogP contribution in [0.5, 0.6) is 0 Å². The van der Waals surface area contributed by atoms with Crippen LogP contribution in [0.25, 0.3) is 0 Å². The van der Waals surface area contributed by atoms with Gasteiger partial charge in [-0.15, -0.1) is 0 Å². The van der Waals surface area contributed by atoms with Gasteiger partial charge in [0.2, 0.25) is 11.8 Å². The van der Waals surface area contributed by atoms with E-state index < -0.39 is 24.4 Å². The summed E-state index contributed by atoms with van der Waals surface area (Å²) in [4.78, 5) is 27.6. The first-order valence-electron chi connectivity index (χ1n) is 13.0. The van der Waals surface area contributed by atoms with Crippen molar-refractivity contribution in [3.8, 4) is 0 Å². The Labute approximate surface area is 217 Å². The molecule has 1 atom stereocenters. The lowest BCUT2D eigenvalue weighted by Crippen LogP contribution is -2.56. The molecule has 2 aliphatic rings. The molecule has 0 bridgehead atoms. The maximum atomic E-state index is 14.0. The van der Waals surface area contributed by atoms with Crippen molar-refractivity contribution in [2.45, 2.75) is 63.3 Å². The van der Waals surface area contributed by atoms with E-state index in [1.54, 1.807) is 0 Å². The predicted molar refractivity (Wildman–Crippen MR) is 142 cm³/mol. The lowest BCUT2D eigenvalue weighted by Gasteiger charge is -2.32. The van der Waals surface area contributed by atoms with Gasteiger partial charge in [-0.1, -0.05) is 61.4 Å². The van der Waals surface area contributed by atoms with Gasteiger partial charge in [-0.2, -0.15) is 0 Å². The number of hydrogen-bond donors (Lipinski definition) is 7. The van der Waals surface area contributed by atoms with E-state index in [9.17, 15) is 19.6 Å². The van der Waals surface area contributed by atoms with Gasteiger partial charge in [0.1, 0.15) is 5.41 Å². The Bertz CT molecular complexity index is 1090. The highest BCUT2D eigenvalue weighted by molar-refractivity contribution is 6.43. The molecule has 0 aromatic heterocycles. The fourth-order valence-electron chi connectivity index (χ4n) is 5.63. The number of hydrogen-bond acceptors (Lipinski definition) is 5. The zero-order valence-corrected chi connectivity index (χ0v) is 21.0. The number of nitrogens with one attached hydrogen (secondary N) is 4. The van der Waals surface area contributed by atoms with Crippen LogP contribution in [0.2, 0.25) is 0 Å². The smallest absolute Gasteiger partial charge is 0.426 e. The highest BCUT2D eigenvalue weighted by Crippen LogP contribution is 2.41. The van der Waals surface area contributed by atoms with Crippen molar-refractivity contribution in [2.24, 2.45) is 11.1 Å². The number of amides is 2. The number of benzene rings is 2. The standard InChI is InChI=1S/C27H36BN5O4/c29-26(30)31-17-7-12-22(28(36)37)32-24(34)27(15-5-6-16-27)25(35)33-23-20-10-3-1-8-18(20)13-14-19-9-2-4-11-21(19)23/h1-4,8-11,22-23,36-37H,5-7,12-17H2,(H,32,34)(H,33,35)(H4,29,30,31)/t22-/m0/s1. The number of guanidine groups is 1. The summed E-state index contributed by atoms with van der Waals surface area (Å²) in [6, 6.07) is 15.8. The predicted octanol–water partition coefficient (Wildman–Crippen LogP) is 1.31. The van der Waals surface area contributed by atoms with E-state index in [0.29, 0.717) is 25.8 Å². The van der Waals surface area contributed by atoms with E-state index in [1.165, 1.54) is 11.1 Å². The summed E-state index contributed by atoms with van der Waals surface area (Å²) in [5.74, 6) is -1.92. The van der Waals surface area contributed by atoms with E-state index in [0.717, 1.165) is 36.8 Å². The fourth-order valence-corrected chi connectivity index (χ4v) is 5.63. The molecule has 9 nitrogen and oxygen atoms in total. The second-order valence-corrected chi connectivity index (χ2v) is 10.1. The normalized spacial score (nSPS) is 17.0. The topological polar surface area (TPSA) is 161 Å². The zero-order valence-electron chi connectivity index (χ0n) is 21.0. The summed E-state index contributed by atoms with van der Waals surface area (Å²) in [7, 11) is -1.77. The Morgan fingerprint density at radius 3 is 2.11 bits per heavy atom. The van der Waals surface area contributed by atoms with Gasteiger partial charge < -0.3 is 31.7 Å². The molecule has 0 spiro atoms. The highest BCUT2D eigenvalue weighted by Gasteiger charge is 2.49. The van der Waals surface area contributed by atoms with Crippen molar-refractivity contribution in [1.29, 1.82) is 5.41 Å². The second kappa shape index (κ2) is 11.8. The lowest BCUT2D eigenvalue weighted by atomic mass is 9.75. The Morgan fingerprint density at radius 2 is 1.57 bits per heavy atom. The Balaban J connectivity index is 1.56. The van der Waals surface area contributed by atoms with Gasteiger partial charge >= 0.3 is 7.12 Å². The summed E-state index contributed by atoms with van der Waals surface area (Å²) >= 11 is 0. The molecule has 8 N–H and O–H groups in total. The summed E-state index contributed by atoms with van der Waals surface area (Å²) in [6.07, 6.45) is 4.75. The van der Waals surface area contributed by atoms with Crippen molar-refractivity contribution >= 4 is 24.9 Å². The van der Waals surface area contributed by atoms with Gasteiger partial charge in [-0.25, -0.2) is 0 Å². The average molecular weight is 505 g/mol. The molecule has 0 radical (unpaired) electrons. The van der Waals surface area contributed by atoms with Crippen molar-refractivity contribution in [3.05, 3.63) is 70.8 Å². The molecule has 1 fully saturated rings. The zero-order chi connectivity index (χ0) is 26.4. The monoisotopic (exact) mass is 505 g/mol. The SMILES string of the molecule is N=C(N)NCCC[C@H](NC(=O)C1(C(=O)NC2c3ccccc3CCc3ccccc32)CCCC1)B(O)O. The third-order valence-corrected chi connectivity index (χ3v) is 7.68. The van der Waals surface area contributed by atoms with E-state index in [2.05, 4.69) is 28.1 Å². The van der Waals surface area contributed by atoms with Crippen LogP contribution in [0.3, 0.4) is 0 Å². The van der Waals surface area contributed by atoms with E-state index >= 15 is 0 Å². The minimum Gasteiger partial charge on any atom is -0.426 e. The van der Waals surface area contributed by atoms with Crippen LogP contribution in [-0.2, 0) is 22.4 Å². The molecular formula is C27H36BN5O4. The van der Waals surface area contributed by atoms with E-state index in [1.807, 2.05) is 36.4 Å². The number of rotatable bonds is 9. The number of carbonyl (C=O) groups excluding carboxylic acids is 2. The second-order valence-electron chi connectivity index (χ2n) is 10.1. The molecule has 10 heteroatoms. The molecule has 2 aromatic carbocycles. The molecule has 0 unspecified atom stereocenters. The molecule has 196 valence electrons. The Kier molecular flexibility index (Phi) is 8.50. The van der Waals surface area contributed by atoms with Crippen molar-refractivity contribution in [2.75, 3.05) is 6.54 Å². The van der Waals surface area contributed by atoms with Crippen LogP contribution in [-0.4, -0.2) is 47.4 Å². The van der Waals surface area contributed by atoms with Crippen LogP contribution >= 0.6 is 0 Å². The van der Waals surface area contributed by atoms with Crippen LogP contribution < -0.4 is 21.7 Å². The molecule has 0 heterocycles. The number of carbonyl (C=O) groups is 2. The Morgan fingerprint density at radius 1 is 1.00 bits per heavy atom. The van der Waals surface area contributed by atoms with Gasteiger partial charge in [0.25, 0.3) is 0 Å². The van der Waals surface area contributed by atoms with Crippen molar-refractivity contribution in [3.63, 3.8) is 0 Å². The van der Waals surface area contributed by atoms with Crippen LogP contribution in [0.4, 0.5) is 0 Å². The molecule has 1 saturated carbocycles. The molecular weight excluding hydrogens is 469 g/mol. The quantitative estimate of drug-likeness (QED) is 0.0894. The number of fused-ring (bicyclic) bond motifs is 2.